The summed E-state index contributed by atoms with van der Waals surface area (Å²) in [6.07, 6.45) is -2.77. The predicted molar refractivity (Wildman–Crippen MR) is 120 cm³/mol. The number of benzene rings is 2. The number of halogens is 3. The Morgan fingerprint density at radius 3 is 2.25 bits per heavy atom. The summed E-state index contributed by atoms with van der Waals surface area (Å²) in [5, 5.41) is 0. The van der Waals surface area contributed by atoms with Gasteiger partial charge in [-0.1, -0.05) is 31.2 Å². The zero-order valence-corrected chi connectivity index (χ0v) is 18.8. The maximum atomic E-state index is 13.0. The van der Waals surface area contributed by atoms with Crippen LogP contribution in [0.5, 0.6) is 0 Å². The van der Waals surface area contributed by atoms with Crippen LogP contribution in [-0.4, -0.2) is 26.5 Å². The molecule has 0 saturated heterocycles. The number of aromatic nitrogens is 1. The van der Waals surface area contributed by atoms with Crippen molar-refractivity contribution in [3.8, 4) is 16.9 Å². The molecule has 3 aromatic rings. The van der Waals surface area contributed by atoms with E-state index in [1.54, 1.807) is 12.1 Å². The standard InChI is InChI=1S/C24H26F3NO3S/c1-3-13-31-14-12-20-15-23(19-6-4-18(5-7-19)16-32(29)30)28(17(20)2)22-10-8-21(9-11-22)24(25,26)27/h4-11,15H,3,12-14,16H2,1-2H3,(H,29,30). The van der Waals surface area contributed by atoms with Crippen molar-refractivity contribution in [1.82, 2.24) is 4.57 Å². The van der Waals surface area contributed by atoms with Gasteiger partial charge in [0.1, 0.15) is 0 Å². The molecule has 4 nitrogen and oxygen atoms in total. The van der Waals surface area contributed by atoms with Crippen molar-refractivity contribution in [2.45, 2.75) is 38.6 Å². The van der Waals surface area contributed by atoms with E-state index in [4.69, 9.17) is 9.29 Å². The number of alkyl halides is 3. The summed E-state index contributed by atoms with van der Waals surface area (Å²) < 4.78 is 66.8. The Kier molecular flexibility index (Phi) is 7.92. The van der Waals surface area contributed by atoms with Crippen molar-refractivity contribution >= 4 is 11.1 Å². The molecule has 0 aliphatic rings. The SMILES string of the molecule is CCCOCCc1cc(-c2ccc(CS(=O)O)cc2)n(-c2ccc(C(F)(F)F)cc2)c1C. The third-order valence-corrected chi connectivity index (χ3v) is 5.79. The van der Waals surface area contributed by atoms with Gasteiger partial charge in [0.25, 0.3) is 0 Å². The molecule has 0 aliphatic heterocycles. The lowest BCUT2D eigenvalue weighted by Gasteiger charge is -2.14. The second-order valence-corrected chi connectivity index (χ2v) is 8.48. The number of rotatable bonds is 9. The highest BCUT2D eigenvalue weighted by Crippen LogP contribution is 2.33. The van der Waals surface area contributed by atoms with Gasteiger partial charge < -0.3 is 13.9 Å². The van der Waals surface area contributed by atoms with Gasteiger partial charge in [-0.2, -0.15) is 13.2 Å². The molecule has 172 valence electrons. The molecule has 3 rings (SSSR count). The van der Waals surface area contributed by atoms with Gasteiger partial charge in [0.2, 0.25) is 0 Å². The van der Waals surface area contributed by atoms with E-state index in [1.807, 2.05) is 36.6 Å². The average Bonchev–Trinajstić information content (AvgIpc) is 3.07. The molecule has 8 heteroatoms. The first kappa shape index (κ1) is 24.2. The minimum atomic E-state index is -4.39. The predicted octanol–water partition coefficient (Wildman–Crippen LogP) is 6.16. The van der Waals surface area contributed by atoms with Crippen LogP contribution in [0.25, 0.3) is 16.9 Å². The summed E-state index contributed by atoms with van der Waals surface area (Å²) in [5.74, 6) is 0.0409. The van der Waals surface area contributed by atoms with Crippen molar-refractivity contribution in [3.05, 3.63) is 77.0 Å². The Hall–Kier alpha value is -2.42. The molecular formula is C24H26F3NO3S. The van der Waals surface area contributed by atoms with Crippen LogP contribution in [0.1, 0.15) is 35.7 Å². The van der Waals surface area contributed by atoms with Crippen LogP contribution in [0.3, 0.4) is 0 Å². The Balaban J connectivity index is 2.01. The largest absolute Gasteiger partial charge is 0.416 e. The monoisotopic (exact) mass is 465 g/mol. The third kappa shape index (κ3) is 5.88. The van der Waals surface area contributed by atoms with Crippen LogP contribution in [-0.2, 0) is 34.2 Å². The third-order valence-electron chi connectivity index (χ3n) is 5.21. The summed E-state index contributed by atoms with van der Waals surface area (Å²) in [7, 11) is 0. The van der Waals surface area contributed by atoms with Gasteiger partial charge in [-0.15, -0.1) is 0 Å². The minimum absolute atomic E-state index is 0.0409. The van der Waals surface area contributed by atoms with Crippen molar-refractivity contribution in [1.29, 1.82) is 0 Å². The van der Waals surface area contributed by atoms with Crippen LogP contribution in [0.2, 0.25) is 0 Å². The maximum absolute atomic E-state index is 13.0. The molecule has 0 spiro atoms. The van der Waals surface area contributed by atoms with E-state index in [0.717, 1.165) is 46.6 Å². The first-order chi connectivity index (χ1) is 15.2. The Morgan fingerprint density at radius 1 is 1.03 bits per heavy atom. The van der Waals surface area contributed by atoms with E-state index in [2.05, 4.69) is 0 Å². The Morgan fingerprint density at radius 2 is 1.69 bits per heavy atom. The summed E-state index contributed by atoms with van der Waals surface area (Å²) in [6.45, 7) is 5.23. The molecular weight excluding hydrogens is 439 g/mol. The Bertz CT molecular complexity index is 1060. The van der Waals surface area contributed by atoms with Crippen molar-refractivity contribution in [2.75, 3.05) is 13.2 Å². The minimum Gasteiger partial charge on any atom is -0.381 e. The van der Waals surface area contributed by atoms with Gasteiger partial charge in [-0.05, 0) is 66.8 Å². The summed E-state index contributed by atoms with van der Waals surface area (Å²) in [5.41, 5.74) is 4.35. The van der Waals surface area contributed by atoms with Crippen molar-refractivity contribution < 1.29 is 26.7 Å². The van der Waals surface area contributed by atoms with Gasteiger partial charge >= 0.3 is 6.18 Å². The fourth-order valence-electron chi connectivity index (χ4n) is 3.60. The highest BCUT2D eigenvalue weighted by molar-refractivity contribution is 7.78. The van der Waals surface area contributed by atoms with E-state index >= 15 is 0 Å². The van der Waals surface area contributed by atoms with Crippen LogP contribution < -0.4 is 0 Å². The zero-order chi connectivity index (χ0) is 23.3. The molecule has 2 aromatic carbocycles. The fourth-order valence-corrected chi connectivity index (χ4v) is 4.08. The van der Waals surface area contributed by atoms with Gasteiger partial charge in [0.05, 0.1) is 23.6 Å². The first-order valence-corrected chi connectivity index (χ1v) is 11.6. The normalized spacial score (nSPS) is 12.8. The van der Waals surface area contributed by atoms with E-state index in [9.17, 15) is 17.4 Å². The smallest absolute Gasteiger partial charge is 0.381 e. The zero-order valence-electron chi connectivity index (χ0n) is 18.0. The summed E-state index contributed by atoms with van der Waals surface area (Å²) >= 11 is -1.93. The van der Waals surface area contributed by atoms with Crippen LogP contribution in [0.15, 0.2) is 54.6 Å². The highest BCUT2D eigenvalue weighted by atomic mass is 32.2. The van der Waals surface area contributed by atoms with E-state index in [1.165, 1.54) is 12.1 Å². The molecule has 1 aromatic heterocycles. The molecule has 0 radical (unpaired) electrons. The van der Waals surface area contributed by atoms with Crippen molar-refractivity contribution in [2.24, 2.45) is 0 Å². The van der Waals surface area contributed by atoms with Gasteiger partial charge in [0, 0.05) is 18.0 Å². The van der Waals surface area contributed by atoms with Crippen LogP contribution in [0, 0.1) is 6.92 Å². The molecule has 0 amide bonds. The lowest BCUT2D eigenvalue weighted by Crippen LogP contribution is -2.06. The summed E-state index contributed by atoms with van der Waals surface area (Å²) in [4.78, 5) is 0. The molecule has 32 heavy (non-hydrogen) atoms. The number of hydrogen-bond acceptors (Lipinski definition) is 2. The van der Waals surface area contributed by atoms with Crippen LogP contribution in [0.4, 0.5) is 13.2 Å². The molecule has 1 unspecified atom stereocenters. The topological polar surface area (TPSA) is 51.5 Å². The molecule has 1 heterocycles. The van der Waals surface area contributed by atoms with Gasteiger partial charge in [0.15, 0.2) is 11.1 Å². The molecule has 0 bridgehead atoms. The lowest BCUT2D eigenvalue weighted by molar-refractivity contribution is -0.137. The van der Waals surface area contributed by atoms with Crippen molar-refractivity contribution in [3.63, 3.8) is 0 Å². The molecule has 0 saturated carbocycles. The summed E-state index contributed by atoms with van der Waals surface area (Å²) in [6, 6.07) is 14.4. The first-order valence-electron chi connectivity index (χ1n) is 10.3. The van der Waals surface area contributed by atoms with E-state index in [0.29, 0.717) is 25.3 Å². The second-order valence-electron chi connectivity index (χ2n) is 7.55. The molecule has 0 aliphatic carbocycles. The fraction of sp³-hybridized carbons (Fsp3) is 0.333. The number of nitrogens with zero attached hydrogens (tertiary/aromatic N) is 1. The lowest BCUT2D eigenvalue weighted by atomic mass is 10.1. The Labute approximate surface area is 188 Å². The second kappa shape index (κ2) is 10.5. The highest BCUT2D eigenvalue weighted by Gasteiger charge is 2.30. The number of ether oxygens (including phenoxy) is 1. The molecule has 1 atom stereocenters. The average molecular weight is 466 g/mol. The van der Waals surface area contributed by atoms with Gasteiger partial charge in [-0.3, -0.25) is 0 Å². The quantitative estimate of drug-likeness (QED) is 0.304. The van der Waals surface area contributed by atoms with Crippen LogP contribution >= 0.6 is 0 Å². The molecule has 0 fully saturated rings. The van der Waals surface area contributed by atoms with Gasteiger partial charge in [-0.25, -0.2) is 4.21 Å². The number of hydrogen-bond donors (Lipinski definition) is 1. The van der Waals surface area contributed by atoms with E-state index < -0.39 is 22.8 Å². The maximum Gasteiger partial charge on any atom is 0.416 e. The van der Waals surface area contributed by atoms with E-state index in [-0.39, 0.29) is 5.75 Å². The molecule has 1 N–H and O–H groups in total.